The molecule has 0 aliphatic carbocycles. The molecule has 3 unspecified atom stereocenters. The Hall–Kier alpha value is -2.04. The summed E-state index contributed by atoms with van der Waals surface area (Å²) in [5.41, 5.74) is 10.4. The molecule has 0 radical (unpaired) electrons. The highest BCUT2D eigenvalue weighted by atomic mass is 32.2. The lowest BCUT2D eigenvalue weighted by Gasteiger charge is -2.34. The first-order valence-corrected chi connectivity index (χ1v) is 18.1. The average Bonchev–Trinajstić information content (AvgIpc) is 3.56. The zero-order chi connectivity index (χ0) is 34.4. The highest BCUT2D eigenvalue weighted by molar-refractivity contribution is 7.99. The SMILES string of the molecule is NCCCOCCOCCOCCOCCOCCCCC(=O)CSc1nc2c(=O)[nH]c(N)nc2n1[C@@H]1OC2COP(=O)([O-])O[C@H]2C1O.[H+]. The first kappa shape index (κ1) is 38.8. The number of H-pyrrole nitrogens is 1. The number of nitrogens with zero attached hydrogens (tertiary/aromatic N) is 3. The maximum absolute atomic E-state index is 12.7. The van der Waals surface area contributed by atoms with E-state index in [1.54, 1.807) is 0 Å². The maximum atomic E-state index is 12.7. The summed E-state index contributed by atoms with van der Waals surface area (Å²) in [6.45, 7) is 5.15. The molecule has 2 aromatic heterocycles. The van der Waals surface area contributed by atoms with Crippen LogP contribution in [0.15, 0.2) is 9.95 Å². The Morgan fingerprint density at radius 1 is 1.02 bits per heavy atom. The van der Waals surface area contributed by atoms with Crippen molar-refractivity contribution < 1.29 is 58.3 Å². The molecule has 2 saturated heterocycles. The van der Waals surface area contributed by atoms with Gasteiger partial charge in [0.1, 0.15) is 24.1 Å². The predicted octanol–water partition coefficient (Wildman–Crippen LogP) is -0.780. The van der Waals surface area contributed by atoms with Crippen molar-refractivity contribution in [2.75, 3.05) is 90.7 Å². The number of anilines is 1. The third kappa shape index (κ3) is 11.8. The second kappa shape index (κ2) is 20.0. The van der Waals surface area contributed by atoms with Crippen LogP contribution >= 0.6 is 19.6 Å². The van der Waals surface area contributed by atoms with Crippen molar-refractivity contribution in [2.24, 2.45) is 5.73 Å². The fraction of sp³-hybridized carbons (Fsp3) is 0.778. The molecule has 6 N–H and O–H groups in total. The Morgan fingerprint density at radius 2 is 1.62 bits per heavy atom. The number of carbonyl (C=O) groups excluding carboxylic acids is 1. The van der Waals surface area contributed by atoms with E-state index in [2.05, 4.69) is 15.0 Å². The molecular weight excluding hydrogens is 679 g/mol. The summed E-state index contributed by atoms with van der Waals surface area (Å²) in [4.78, 5) is 47.8. The molecule has 21 heteroatoms. The van der Waals surface area contributed by atoms with Crippen molar-refractivity contribution >= 4 is 42.5 Å². The molecule has 0 aromatic carbocycles. The van der Waals surface area contributed by atoms with Crippen LogP contribution in [0.2, 0.25) is 0 Å². The molecule has 5 atom stereocenters. The number of nitrogens with one attached hydrogen (secondary N) is 1. The number of ether oxygens (including phenoxy) is 6. The minimum Gasteiger partial charge on any atom is -0.756 e. The van der Waals surface area contributed by atoms with Gasteiger partial charge in [-0.25, -0.2) is 4.98 Å². The topological polar surface area (TPSA) is 267 Å². The number of Topliss-reactive ketones (excluding diaryl/α,β-unsaturated/α-hetero) is 1. The van der Waals surface area contributed by atoms with Crippen LogP contribution in [-0.4, -0.2) is 134 Å². The number of phosphoric acid groups is 1. The molecule has 48 heavy (non-hydrogen) atoms. The van der Waals surface area contributed by atoms with Crippen LogP contribution in [-0.2, 0) is 46.8 Å². The second-order valence-corrected chi connectivity index (χ2v) is 13.1. The molecule has 272 valence electrons. The zero-order valence-electron chi connectivity index (χ0n) is 27.5. The Labute approximate surface area is 282 Å². The number of aliphatic hydroxyl groups excluding tert-OH is 1. The van der Waals surface area contributed by atoms with Gasteiger partial charge in [-0.2, -0.15) is 4.98 Å². The summed E-state index contributed by atoms with van der Waals surface area (Å²) < 4.78 is 55.8. The molecule has 2 fully saturated rings. The van der Waals surface area contributed by atoms with E-state index in [0.29, 0.717) is 85.5 Å². The van der Waals surface area contributed by atoms with Crippen LogP contribution in [0.25, 0.3) is 11.2 Å². The number of unbranched alkanes of at least 4 members (excludes halogenated alkanes) is 1. The van der Waals surface area contributed by atoms with Gasteiger partial charge in [0.05, 0.1) is 65.2 Å². The summed E-state index contributed by atoms with van der Waals surface area (Å²) in [5.74, 6) is -0.268. The van der Waals surface area contributed by atoms with Gasteiger partial charge in [0, 0.05) is 19.6 Å². The maximum Gasteiger partial charge on any atom is 1.00 e. The lowest BCUT2D eigenvalue weighted by atomic mass is 10.1. The Morgan fingerprint density at radius 3 is 2.25 bits per heavy atom. The number of imidazole rings is 1. The highest BCUT2D eigenvalue weighted by Gasteiger charge is 2.51. The summed E-state index contributed by atoms with van der Waals surface area (Å²) >= 11 is 1.02. The Bertz CT molecular complexity index is 1410. The average molecular weight is 725 g/mol. The summed E-state index contributed by atoms with van der Waals surface area (Å²) in [6.07, 6.45) is -2.49. The molecule has 2 aliphatic rings. The molecule has 0 amide bonds. The third-order valence-corrected chi connectivity index (χ3v) is 9.06. The van der Waals surface area contributed by atoms with E-state index >= 15 is 0 Å². The van der Waals surface area contributed by atoms with Gasteiger partial charge in [0.2, 0.25) is 5.95 Å². The van der Waals surface area contributed by atoms with Gasteiger partial charge >= 0.3 is 1.43 Å². The number of ketones is 1. The first-order chi connectivity index (χ1) is 23.2. The molecule has 0 spiro atoms. The Balaban J connectivity index is 0.00000650. The number of fused-ring (bicyclic) bond motifs is 2. The molecule has 19 nitrogen and oxygen atoms in total. The van der Waals surface area contributed by atoms with Crippen molar-refractivity contribution in [3.8, 4) is 0 Å². The van der Waals surface area contributed by atoms with Crippen LogP contribution in [0.3, 0.4) is 0 Å². The molecular formula is C27H45N6O13PS. The van der Waals surface area contributed by atoms with Gasteiger partial charge in [-0.1, -0.05) is 11.8 Å². The van der Waals surface area contributed by atoms with Gasteiger partial charge in [-0.05, 0) is 25.8 Å². The van der Waals surface area contributed by atoms with E-state index in [-0.39, 0.29) is 48.3 Å². The molecule has 4 heterocycles. The summed E-state index contributed by atoms with van der Waals surface area (Å²) in [6, 6.07) is 0. The standard InChI is InChI=1S/C27H45N6O13PS/c28-5-3-7-40-9-11-42-13-15-43-14-12-41-10-8-39-6-2-1-4-18(34)17-48-27-30-20-23(31-26(29)32-24(20)36)33(27)25-21(35)22-19(45-25)16-44-47(37,38)46-22/h19,21-22,25,35H,1-17,28H2,(H,37,38)(H3,29,31,32,36)/t19?,21?,22-,25-/m1/s1. The smallest absolute Gasteiger partial charge is 0.756 e. The third-order valence-electron chi connectivity index (χ3n) is 7.09. The first-order valence-electron chi connectivity index (χ1n) is 15.7. The quantitative estimate of drug-likeness (QED) is 0.0587. The van der Waals surface area contributed by atoms with E-state index in [9.17, 15) is 24.2 Å². The fourth-order valence-electron chi connectivity index (χ4n) is 4.76. The predicted molar refractivity (Wildman–Crippen MR) is 169 cm³/mol. The van der Waals surface area contributed by atoms with Gasteiger partial charge < -0.3 is 58.9 Å². The minimum absolute atomic E-state index is 0. The van der Waals surface area contributed by atoms with Crippen molar-refractivity contribution in [1.82, 2.24) is 19.5 Å². The monoisotopic (exact) mass is 724 g/mol. The number of hydrogen-bond donors (Lipinski definition) is 4. The van der Waals surface area contributed by atoms with Crippen molar-refractivity contribution in [3.63, 3.8) is 0 Å². The van der Waals surface area contributed by atoms with E-state index in [1.807, 2.05) is 0 Å². The number of nitrogens with two attached hydrogens (primary N) is 2. The van der Waals surface area contributed by atoms with Crippen molar-refractivity contribution in [1.29, 1.82) is 0 Å². The molecule has 0 bridgehead atoms. The number of thioether (sulfide) groups is 1. The minimum atomic E-state index is -4.62. The summed E-state index contributed by atoms with van der Waals surface area (Å²) in [7, 11) is -4.62. The Kier molecular flexibility index (Phi) is 16.1. The molecule has 2 aliphatic heterocycles. The number of aromatic nitrogens is 4. The van der Waals surface area contributed by atoms with Gasteiger partial charge in [0.15, 0.2) is 22.5 Å². The highest BCUT2D eigenvalue weighted by Crippen LogP contribution is 2.50. The van der Waals surface area contributed by atoms with Gasteiger partial charge in [-0.3, -0.25) is 23.7 Å². The lowest BCUT2D eigenvalue weighted by Crippen LogP contribution is -2.41. The molecule has 2 aromatic rings. The zero-order valence-corrected chi connectivity index (χ0v) is 28.2. The van der Waals surface area contributed by atoms with Crippen LogP contribution in [0.5, 0.6) is 0 Å². The van der Waals surface area contributed by atoms with Gasteiger partial charge in [0.25, 0.3) is 13.4 Å². The number of hydrogen-bond acceptors (Lipinski definition) is 18. The second-order valence-electron chi connectivity index (χ2n) is 10.7. The number of rotatable bonds is 24. The van der Waals surface area contributed by atoms with Crippen LogP contribution < -0.4 is 21.9 Å². The van der Waals surface area contributed by atoms with E-state index in [0.717, 1.165) is 18.2 Å². The molecule has 0 saturated carbocycles. The van der Waals surface area contributed by atoms with E-state index in [4.69, 9.17) is 48.9 Å². The largest absolute Gasteiger partial charge is 1.00 e. The number of nitrogen functional groups attached to an aromatic ring is 1. The number of phosphoric ester groups is 1. The summed E-state index contributed by atoms with van der Waals surface area (Å²) in [5, 5.41) is 11.1. The van der Waals surface area contributed by atoms with E-state index in [1.165, 1.54) is 4.57 Å². The number of carbonyl (C=O) groups is 1. The van der Waals surface area contributed by atoms with Crippen LogP contribution in [0.1, 0.15) is 33.3 Å². The number of aromatic amines is 1. The lowest BCUT2D eigenvalue weighted by molar-refractivity contribution is -0.245. The van der Waals surface area contributed by atoms with Crippen molar-refractivity contribution in [2.45, 2.75) is 55.4 Å². The van der Waals surface area contributed by atoms with E-state index < -0.39 is 37.9 Å². The van der Waals surface area contributed by atoms with Crippen LogP contribution in [0.4, 0.5) is 5.95 Å². The van der Waals surface area contributed by atoms with Gasteiger partial charge in [-0.15, -0.1) is 0 Å². The number of aliphatic hydroxyl groups is 1. The normalized spacial score (nSPS) is 24.0. The fourth-order valence-corrected chi connectivity index (χ4v) is 6.63. The molecule has 4 rings (SSSR count). The van der Waals surface area contributed by atoms with Crippen LogP contribution in [0, 0.1) is 0 Å². The van der Waals surface area contributed by atoms with Crippen molar-refractivity contribution in [3.05, 3.63) is 10.4 Å².